The van der Waals surface area contributed by atoms with Crippen LogP contribution in [0.5, 0.6) is 0 Å². The Morgan fingerprint density at radius 2 is 1.89 bits per heavy atom. The van der Waals surface area contributed by atoms with Crippen molar-refractivity contribution >= 4 is 0 Å². The number of hydrogen-bond acceptors (Lipinski definition) is 3. The molecule has 0 bridgehead atoms. The second-order valence-electron chi connectivity index (χ2n) is 6.23. The van der Waals surface area contributed by atoms with Gasteiger partial charge in [-0.25, -0.2) is 0 Å². The van der Waals surface area contributed by atoms with Crippen molar-refractivity contribution in [3.8, 4) is 0 Å². The van der Waals surface area contributed by atoms with E-state index < -0.39 is 0 Å². The lowest BCUT2D eigenvalue weighted by atomic mass is 9.99. The average molecular weight is 253 g/mol. The zero-order valence-electron chi connectivity index (χ0n) is 12.3. The lowest BCUT2D eigenvalue weighted by Gasteiger charge is -2.24. The molecule has 106 valence electrons. The molecular formula is C15H31N3. The molecule has 0 radical (unpaired) electrons. The Bertz CT molecular complexity index is 226. The number of hydrogen-bond donors (Lipinski definition) is 1. The van der Waals surface area contributed by atoms with Crippen molar-refractivity contribution in [2.24, 2.45) is 5.92 Å². The van der Waals surface area contributed by atoms with Gasteiger partial charge in [0.1, 0.15) is 0 Å². The Balaban J connectivity index is 1.57. The van der Waals surface area contributed by atoms with Crippen molar-refractivity contribution in [1.29, 1.82) is 0 Å². The molecule has 2 atom stereocenters. The first-order chi connectivity index (χ1) is 8.79. The van der Waals surface area contributed by atoms with E-state index in [4.69, 9.17) is 0 Å². The third-order valence-electron chi connectivity index (χ3n) is 4.91. The fourth-order valence-electron chi connectivity index (χ4n) is 3.58. The van der Waals surface area contributed by atoms with E-state index in [-0.39, 0.29) is 0 Å². The van der Waals surface area contributed by atoms with Gasteiger partial charge in [0.15, 0.2) is 0 Å². The highest BCUT2D eigenvalue weighted by atomic mass is 15.2. The molecular weight excluding hydrogens is 222 g/mol. The minimum atomic E-state index is 0.789. The molecule has 1 N–H and O–H groups in total. The Morgan fingerprint density at radius 3 is 2.61 bits per heavy atom. The van der Waals surface area contributed by atoms with E-state index in [1.165, 1.54) is 71.2 Å². The van der Waals surface area contributed by atoms with Gasteiger partial charge in [0.2, 0.25) is 0 Å². The molecule has 0 aromatic heterocycles. The first-order valence-electron chi connectivity index (χ1n) is 7.88. The van der Waals surface area contributed by atoms with Crippen LogP contribution in [0.4, 0.5) is 0 Å². The summed E-state index contributed by atoms with van der Waals surface area (Å²) in [5.41, 5.74) is 0. The molecule has 2 fully saturated rings. The van der Waals surface area contributed by atoms with Gasteiger partial charge in [0, 0.05) is 19.1 Å². The van der Waals surface area contributed by atoms with Gasteiger partial charge in [-0.15, -0.1) is 0 Å². The van der Waals surface area contributed by atoms with Gasteiger partial charge in [0.25, 0.3) is 0 Å². The van der Waals surface area contributed by atoms with Gasteiger partial charge in [-0.05, 0) is 71.8 Å². The molecule has 2 unspecified atom stereocenters. The van der Waals surface area contributed by atoms with Gasteiger partial charge in [-0.2, -0.15) is 0 Å². The second kappa shape index (κ2) is 7.46. The fourth-order valence-corrected chi connectivity index (χ4v) is 3.58. The highest BCUT2D eigenvalue weighted by Gasteiger charge is 2.25. The molecule has 1 aliphatic heterocycles. The molecule has 0 aromatic carbocycles. The summed E-state index contributed by atoms with van der Waals surface area (Å²) in [6.07, 6.45) is 8.45. The minimum absolute atomic E-state index is 0.789. The predicted molar refractivity (Wildman–Crippen MR) is 78.0 cm³/mol. The summed E-state index contributed by atoms with van der Waals surface area (Å²) in [5, 5.41) is 3.49. The molecule has 2 aliphatic rings. The van der Waals surface area contributed by atoms with Crippen molar-refractivity contribution < 1.29 is 0 Å². The molecule has 1 saturated heterocycles. The summed E-state index contributed by atoms with van der Waals surface area (Å²) in [5.74, 6) is 0.921. The maximum Gasteiger partial charge on any atom is 0.0109 e. The van der Waals surface area contributed by atoms with Crippen LogP contribution in [-0.2, 0) is 0 Å². The summed E-state index contributed by atoms with van der Waals surface area (Å²) < 4.78 is 0. The minimum Gasteiger partial charge on any atom is -0.317 e. The smallest absolute Gasteiger partial charge is 0.0109 e. The van der Waals surface area contributed by atoms with Crippen molar-refractivity contribution in [3.05, 3.63) is 0 Å². The zero-order chi connectivity index (χ0) is 12.8. The fraction of sp³-hybridized carbons (Fsp3) is 1.00. The van der Waals surface area contributed by atoms with E-state index in [0.29, 0.717) is 0 Å². The number of nitrogens with zero attached hydrogens (tertiary/aromatic N) is 2. The molecule has 18 heavy (non-hydrogen) atoms. The van der Waals surface area contributed by atoms with Crippen LogP contribution in [-0.4, -0.2) is 62.7 Å². The van der Waals surface area contributed by atoms with Crippen LogP contribution < -0.4 is 5.32 Å². The first kappa shape index (κ1) is 14.3. The van der Waals surface area contributed by atoms with Crippen LogP contribution in [0, 0.1) is 5.92 Å². The highest BCUT2D eigenvalue weighted by Crippen LogP contribution is 2.28. The molecule has 0 amide bonds. The van der Waals surface area contributed by atoms with Crippen LogP contribution in [0.2, 0.25) is 0 Å². The number of likely N-dealkylation sites (tertiary alicyclic amines) is 1. The molecule has 1 heterocycles. The van der Waals surface area contributed by atoms with Gasteiger partial charge in [-0.3, -0.25) is 0 Å². The second-order valence-corrected chi connectivity index (χ2v) is 6.23. The number of rotatable bonds is 7. The lowest BCUT2D eigenvalue weighted by Crippen LogP contribution is -2.34. The molecule has 2 rings (SSSR count). The van der Waals surface area contributed by atoms with Crippen LogP contribution in [0.1, 0.15) is 38.5 Å². The zero-order valence-corrected chi connectivity index (χ0v) is 12.3. The predicted octanol–water partition coefficient (Wildman–Crippen LogP) is 1.79. The number of likely N-dealkylation sites (N-methyl/N-ethyl adjacent to an activating group) is 1. The maximum atomic E-state index is 3.49. The molecule has 0 spiro atoms. The van der Waals surface area contributed by atoms with Crippen LogP contribution in [0.25, 0.3) is 0 Å². The Morgan fingerprint density at radius 1 is 1.11 bits per heavy atom. The quantitative estimate of drug-likeness (QED) is 0.746. The van der Waals surface area contributed by atoms with Crippen molar-refractivity contribution in [2.75, 3.05) is 46.8 Å². The number of nitrogens with one attached hydrogen (secondary N) is 1. The summed E-state index contributed by atoms with van der Waals surface area (Å²) in [6.45, 7) is 6.46. The van der Waals surface area contributed by atoms with E-state index in [9.17, 15) is 0 Å². The van der Waals surface area contributed by atoms with Crippen molar-refractivity contribution in [2.45, 2.75) is 44.6 Å². The highest BCUT2D eigenvalue weighted by molar-refractivity contribution is 4.82. The largest absolute Gasteiger partial charge is 0.317 e. The summed E-state index contributed by atoms with van der Waals surface area (Å²) in [7, 11) is 4.42. The summed E-state index contributed by atoms with van der Waals surface area (Å²) in [6, 6.07) is 0.789. The summed E-state index contributed by atoms with van der Waals surface area (Å²) >= 11 is 0. The third-order valence-corrected chi connectivity index (χ3v) is 4.91. The Hall–Kier alpha value is -0.120. The van der Waals surface area contributed by atoms with Crippen molar-refractivity contribution in [3.63, 3.8) is 0 Å². The van der Waals surface area contributed by atoms with E-state index in [2.05, 4.69) is 29.2 Å². The third kappa shape index (κ3) is 4.22. The van der Waals surface area contributed by atoms with Gasteiger partial charge >= 0.3 is 0 Å². The van der Waals surface area contributed by atoms with Gasteiger partial charge in [-0.1, -0.05) is 6.42 Å². The molecule has 1 aliphatic carbocycles. The van der Waals surface area contributed by atoms with E-state index >= 15 is 0 Å². The topological polar surface area (TPSA) is 18.5 Å². The SMILES string of the molecule is CNC1CCCC1CCN(C)CCN1CCCC1. The van der Waals surface area contributed by atoms with Crippen LogP contribution in [0.15, 0.2) is 0 Å². The normalized spacial score (nSPS) is 29.5. The molecule has 3 nitrogen and oxygen atoms in total. The Labute approximate surface area is 113 Å². The standard InChI is InChI=1S/C15H31N3/c1-16-15-7-5-6-14(15)8-11-17(2)12-13-18-9-3-4-10-18/h14-16H,3-13H2,1-2H3. The van der Waals surface area contributed by atoms with Gasteiger partial charge < -0.3 is 15.1 Å². The molecule has 1 saturated carbocycles. The average Bonchev–Trinajstić information content (AvgIpc) is 3.04. The van der Waals surface area contributed by atoms with Crippen LogP contribution >= 0.6 is 0 Å². The van der Waals surface area contributed by atoms with E-state index in [1.807, 2.05) is 0 Å². The van der Waals surface area contributed by atoms with E-state index in [0.717, 1.165) is 12.0 Å². The molecule has 0 aromatic rings. The monoisotopic (exact) mass is 253 g/mol. The van der Waals surface area contributed by atoms with Gasteiger partial charge in [0.05, 0.1) is 0 Å². The van der Waals surface area contributed by atoms with Crippen LogP contribution in [0.3, 0.4) is 0 Å². The van der Waals surface area contributed by atoms with E-state index in [1.54, 1.807) is 0 Å². The first-order valence-corrected chi connectivity index (χ1v) is 7.88. The summed E-state index contributed by atoms with van der Waals surface area (Å²) in [4.78, 5) is 5.14. The van der Waals surface area contributed by atoms with Crippen molar-refractivity contribution in [1.82, 2.24) is 15.1 Å². The molecule has 3 heteroatoms. The Kier molecular flexibility index (Phi) is 5.93. The lowest BCUT2D eigenvalue weighted by molar-refractivity contribution is 0.239. The maximum absolute atomic E-state index is 3.49.